The molecular weight excluding hydrogens is 1690 g/mol. The normalized spacial score (nSPS) is 26.0. The Labute approximate surface area is 737 Å². The van der Waals surface area contributed by atoms with Gasteiger partial charge in [0.1, 0.15) is 141 Å². The van der Waals surface area contributed by atoms with E-state index in [-0.39, 0.29) is 0 Å². The maximum absolute atomic E-state index is 14.1. The number of hydrogen-bond donors (Lipinski definition) is 18. The number of rotatable bonds is 14. The summed E-state index contributed by atoms with van der Waals surface area (Å²) in [6, 6.07) is -8.38. The number of ether oxygens (including phenoxy) is 16. The van der Waals surface area contributed by atoms with Crippen molar-refractivity contribution >= 4 is 90.7 Å². The molecule has 0 aromatic heterocycles. The van der Waals surface area contributed by atoms with Gasteiger partial charge in [-0.2, -0.15) is 0 Å². The van der Waals surface area contributed by atoms with Crippen molar-refractivity contribution in [3.8, 4) is 0 Å². The van der Waals surface area contributed by atoms with Crippen molar-refractivity contribution in [3.05, 3.63) is 0 Å². The fourth-order valence-corrected chi connectivity index (χ4v) is 11.3. The fourth-order valence-electron chi connectivity index (χ4n) is 11.3. The van der Waals surface area contributed by atoms with Crippen LogP contribution in [0.3, 0.4) is 0 Å². The summed E-state index contributed by atoms with van der Waals surface area (Å²) < 4.78 is 93.7. The third kappa shape index (κ3) is 40.8. The summed E-state index contributed by atoms with van der Waals surface area (Å²) in [5.41, 5.74) is -12.3. The van der Waals surface area contributed by atoms with E-state index in [4.69, 9.17) is 80.8 Å². The molecule has 19 atom stereocenters. The first-order chi connectivity index (χ1) is 57.5. The largest absolute Gasteiger partial charge is 0.444 e. The number of amides is 10. The topological polar surface area (TPSA) is 662 Å². The van der Waals surface area contributed by atoms with Crippen LogP contribution in [0.15, 0.2) is 25.0 Å². The number of hydrogen-bond acceptors (Lipinski definition) is 39. The van der Waals surface area contributed by atoms with Gasteiger partial charge >= 0.3 is 60.9 Å². The summed E-state index contributed by atoms with van der Waals surface area (Å²) >= 11 is 0. The predicted molar refractivity (Wildman–Crippen MR) is 446 cm³/mol. The molecule has 3 saturated heterocycles. The van der Waals surface area contributed by atoms with Crippen LogP contribution in [0.1, 0.15) is 214 Å². The maximum Gasteiger partial charge on any atom is 0.414 e. The van der Waals surface area contributed by atoms with Crippen molar-refractivity contribution in [2.75, 3.05) is 19.8 Å². The molecule has 726 valence electrons. The molecule has 3 heterocycles. The van der Waals surface area contributed by atoms with Crippen LogP contribution in [0.2, 0.25) is 0 Å². The van der Waals surface area contributed by atoms with Crippen LogP contribution in [-0.4, -0.2) is 324 Å². The number of aliphatic imine (C=N–C) groups is 5. The zero-order valence-electron chi connectivity index (χ0n) is 77.7. The van der Waals surface area contributed by atoms with Gasteiger partial charge in [0.2, 0.25) is 29.8 Å². The molecule has 49 nitrogen and oxygen atoms in total. The second-order valence-electron chi connectivity index (χ2n) is 39.5. The van der Waals surface area contributed by atoms with Crippen LogP contribution in [0, 0.1) is 0 Å². The zero-order chi connectivity index (χ0) is 97.4. The molecule has 49 heteroatoms. The van der Waals surface area contributed by atoms with Crippen LogP contribution in [0.5, 0.6) is 0 Å². The van der Waals surface area contributed by atoms with Crippen LogP contribution in [-0.2, 0) is 75.8 Å². The summed E-state index contributed by atoms with van der Waals surface area (Å²) in [5.74, 6) is -4.22. The number of nitrogens with zero attached hydrogens (tertiary/aromatic N) is 5. The lowest BCUT2D eigenvalue weighted by Gasteiger charge is -2.47. The molecule has 1 aliphatic carbocycles. The highest BCUT2D eigenvalue weighted by atomic mass is 16.8. The predicted octanol–water partition coefficient (Wildman–Crippen LogP) is 3.37. The minimum absolute atomic E-state index is 0.690. The van der Waals surface area contributed by atoms with Gasteiger partial charge in [0, 0.05) is 0 Å². The van der Waals surface area contributed by atoms with Gasteiger partial charge in [-0.15, -0.1) is 0 Å². The third-order valence-corrected chi connectivity index (χ3v) is 15.5. The Balaban J connectivity index is 2.28. The van der Waals surface area contributed by atoms with E-state index >= 15 is 0 Å². The molecular formula is C78H135N15O34. The van der Waals surface area contributed by atoms with Crippen LogP contribution >= 0.6 is 0 Å². The summed E-state index contributed by atoms with van der Waals surface area (Å²) in [5, 5.41) is 120. The lowest BCUT2D eigenvalue weighted by Crippen LogP contribution is -2.64. The molecule has 3 aliphatic heterocycles. The van der Waals surface area contributed by atoms with Crippen molar-refractivity contribution < 1.29 is 165 Å². The molecule has 4 aliphatic rings. The lowest BCUT2D eigenvalue weighted by molar-refractivity contribution is -0.310. The van der Waals surface area contributed by atoms with E-state index in [1.165, 1.54) is 208 Å². The van der Waals surface area contributed by atoms with Gasteiger partial charge < -0.3 is 117 Å². The number of aliphatic hydroxyl groups is 8. The number of carbonyl (C=O) groups excluding carboxylic acids is 10. The molecule has 10 amide bonds. The monoisotopic (exact) mass is 1830 g/mol. The van der Waals surface area contributed by atoms with Crippen molar-refractivity contribution in [2.45, 2.75) is 386 Å². The zero-order valence-corrected chi connectivity index (χ0v) is 77.7. The Hall–Kier alpha value is -9.51. The minimum Gasteiger partial charge on any atom is -0.444 e. The number of guanidine groups is 5. The van der Waals surface area contributed by atoms with Gasteiger partial charge in [-0.05, 0) is 214 Å². The van der Waals surface area contributed by atoms with E-state index in [0.29, 0.717) is 0 Å². The molecule has 0 bridgehead atoms. The average Bonchev–Trinajstić information content (AvgIpc) is 1.76. The molecule has 4 fully saturated rings. The molecule has 0 aromatic rings. The number of alkyl carbamates (subject to hydrolysis) is 10. The molecule has 0 spiro atoms. The van der Waals surface area contributed by atoms with Crippen molar-refractivity contribution in [3.63, 3.8) is 0 Å². The Kier molecular flexibility index (Phi) is 38.2. The minimum atomic E-state index is -2.44. The molecule has 18 N–H and O–H groups in total. The molecule has 0 radical (unpaired) electrons. The van der Waals surface area contributed by atoms with E-state index in [2.05, 4.69) is 73.1 Å². The van der Waals surface area contributed by atoms with E-state index < -0.39 is 289 Å². The maximum atomic E-state index is 14.1. The van der Waals surface area contributed by atoms with Gasteiger partial charge in [-0.1, -0.05) is 0 Å². The van der Waals surface area contributed by atoms with E-state index in [9.17, 15) is 88.8 Å². The third-order valence-electron chi connectivity index (χ3n) is 15.5. The average molecular weight is 1830 g/mol. The standard InChI is InChI=1S/C78H135N15O34/c1-69(2,3)118-59(102)84-54(85-60(103)119-70(4,5)6)79-32-37-43(97)45(99)40(82-57(90-65(108)124-75(19,20)21)91-66(109)125-76(22,23)24)51(112-37)116-49-39(34-95)114-53(47(49)101)117-50-42(96)35(80-55(86-61(104)120-71(7,8)9)87-62(105)121-72(10,11)12)31-36(81-56(88-63(106)122-73(13,14)15)89-64(107)123-74(16,17)18)48(50)115-52-41(46(100)44(98)38(33-94)113-52)83-58(92-67(110)126-77(25,26)27)93-68(111)127-78(28,29)30/h35-53,94-101H,31-34H2,1-30H3,(H2,79,84,85,102,103)(H2,80,86,87,104,105)(H2,81,88,89,106,107)(H2,82,90,91,108,109)(H2,83,92,93,110,111)/t35-,36+,37+,38-,39-,40-,41-,42+,43-,44-,45-,46-,47-,48-,49-,50-,51-,52-,53+/m1/s1. The molecule has 4 rings (SSSR count). The first kappa shape index (κ1) is 110. The highest BCUT2D eigenvalue weighted by molar-refractivity contribution is 6.04. The van der Waals surface area contributed by atoms with E-state index in [1.54, 1.807) is 0 Å². The first-order valence-electron chi connectivity index (χ1n) is 40.6. The fraction of sp³-hybridized carbons (Fsp3) is 0.808. The van der Waals surface area contributed by atoms with Gasteiger partial charge in [-0.3, -0.25) is 53.2 Å². The number of aliphatic hydroxyl groups excluding tert-OH is 8. The highest BCUT2D eigenvalue weighted by Crippen LogP contribution is 2.39. The van der Waals surface area contributed by atoms with E-state index in [1.807, 2.05) is 0 Å². The van der Waals surface area contributed by atoms with Crippen LogP contribution < -0.4 is 53.2 Å². The van der Waals surface area contributed by atoms with Crippen molar-refractivity contribution in [1.82, 2.24) is 53.2 Å². The Morgan fingerprint density at radius 2 is 0.496 bits per heavy atom. The highest BCUT2D eigenvalue weighted by Gasteiger charge is 2.57. The number of carbonyl (C=O) groups is 10. The first-order valence-corrected chi connectivity index (χ1v) is 40.6. The summed E-state index contributed by atoms with van der Waals surface area (Å²) in [6.07, 6.45) is -47.1. The van der Waals surface area contributed by atoms with Gasteiger partial charge in [0.05, 0.1) is 31.8 Å². The van der Waals surface area contributed by atoms with Crippen molar-refractivity contribution in [1.29, 1.82) is 0 Å². The smallest absolute Gasteiger partial charge is 0.414 e. The van der Waals surface area contributed by atoms with Gasteiger partial charge in [-0.25, -0.2) is 72.9 Å². The summed E-state index contributed by atoms with van der Waals surface area (Å²) in [6.45, 7) is 41.4. The quantitative estimate of drug-likeness (QED) is 0.0673. The van der Waals surface area contributed by atoms with Crippen LogP contribution in [0.4, 0.5) is 47.9 Å². The Morgan fingerprint density at radius 1 is 0.268 bits per heavy atom. The Morgan fingerprint density at radius 3 is 0.772 bits per heavy atom. The summed E-state index contributed by atoms with van der Waals surface area (Å²) in [7, 11) is 0. The molecule has 127 heavy (non-hydrogen) atoms. The second kappa shape index (κ2) is 44.2. The second-order valence-corrected chi connectivity index (χ2v) is 39.5. The number of nitrogens with one attached hydrogen (secondary N) is 10. The van der Waals surface area contributed by atoms with Gasteiger partial charge in [0.25, 0.3) is 0 Å². The molecule has 0 aromatic carbocycles. The van der Waals surface area contributed by atoms with E-state index in [0.717, 1.165) is 0 Å². The molecule has 0 unspecified atom stereocenters. The lowest BCUT2D eigenvalue weighted by atomic mass is 9.83. The van der Waals surface area contributed by atoms with Gasteiger partial charge in [0.15, 0.2) is 18.9 Å². The molecule has 1 saturated carbocycles. The van der Waals surface area contributed by atoms with Crippen molar-refractivity contribution in [2.24, 2.45) is 25.0 Å². The van der Waals surface area contributed by atoms with Crippen LogP contribution in [0.25, 0.3) is 0 Å². The summed E-state index contributed by atoms with van der Waals surface area (Å²) in [4.78, 5) is 160. The Bertz CT molecular complexity index is 3770. The SMILES string of the molecule is CC(C)(C)OC(=O)NC(=NC[C@@H]1O[C@H](O[C@H]2[C@@H](O)[C@H](O[C@@H]3[C@@H](O)[C@H](N=C(NC(=O)OC(C)(C)C)NC(=O)OC(C)(C)C)C[C@H](N=C(NC(=O)OC(C)(C)C)NC(=O)OC(C)(C)C)[C@H]3O[C@H]3O[C@H](CO)[C@@H](O)[C@H](O)[C@H]3N=C(NC(=O)OC(C)(C)C)NC(=O)OC(C)(C)C)O[C@@H]2CO)[C@H](N=C(NC(=O)OC(C)(C)C)NC(=O)OC(C)(C)C)[C@@H](O)[C@@H]1O)NC(=O)OC(C)(C)C.